The maximum Gasteiger partial charge on any atom is 0.0594 e. The van der Waals surface area contributed by atoms with Gasteiger partial charge in [0.2, 0.25) is 0 Å². The summed E-state index contributed by atoms with van der Waals surface area (Å²) in [5.41, 5.74) is 11.0. The third kappa shape index (κ3) is 1.98. The Bertz CT molecular complexity index is 514. The molecule has 2 nitrogen and oxygen atoms in total. The number of nitrogens with one attached hydrogen (secondary N) is 1. The van der Waals surface area contributed by atoms with E-state index in [0.717, 1.165) is 12.8 Å². The van der Waals surface area contributed by atoms with Crippen LogP contribution in [0.5, 0.6) is 0 Å². The van der Waals surface area contributed by atoms with Gasteiger partial charge in [-0.1, -0.05) is 6.92 Å². The number of benzene rings is 1. The Balaban J connectivity index is 2.70. The molecule has 0 saturated heterocycles. The third-order valence-electron chi connectivity index (χ3n) is 3.04. The predicted molar refractivity (Wildman–Crippen MR) is 77.9 cm³/mol. The minimum Gasteiger partial charge on any atom is -0.358 e. The number of aromatic nitrogens is 1. The average Bonchev–Trinajstić information content (AvgIpc) is 2.58. The van der Waals surface area contributed by atoms with Crippen molar-refractivity contribution in [1.29, 1.82) is 0 Å². The van der Waals surface area contributed by atoms with Crippen LogP contribution >= 0.6 is 22.6 Å². The Morgan fingerprint density at radius 3 is 2.75 bits per heavy atom. The molecule has 3 heteroatoms. The SMILES string of the molecule is CCc1cc(I)c2[nH]c(C)c(CCN)c2c1. The maximum atomic E-state index is 5.67. The highest BCUT2D eigenvalue weighted by molar-refractivity contribution is 14.1. The van der Waals surface area contributed by atoms with E-state index in [2.05, 4.69) is 53.6 Å². The molecule has 1 aromatic heterocycles. The molecule has 3 N–H and O–H groups in total. The Hall–Kier alpha value is -0.550. The van der Waals surface area contributed by atoms with Crippen molar-refractivity contribution in [3.63, 3.8) is 0 Å². The molecule has 0 amide bonds. The summed E-state index contributed by atoms with van der Waals surface area (Å²) in [5, 5.41) is 1.35. The lowest BCUT2D eigenvalue weighted by Crippen LogP contribution is -2.03. The molecule has 2 rings (SSSR count). The van der Waals surface area contributed by atoms with Crippen molar-refractivity contribution in [3.8, 4) is 0 Å². The molecular weight excluding hydrogens is 311 g/mol. The van der Waals surface area contributed by atoms with Gasteiger partial charge >= 0.3 is 0 Å². The molecule has 0 aliphatic rings. The fourth-order valence-electron chi connectivity index (χ4n) is 2.16. The summed E-state index contributed by atoms with van der Waals surface area (Å²) in [6.07, 6.45) is 2.04. The first-order chi connectivity index (χ1) is 7.67. The zero-order valence-corrected chi connectivity index (χ0v) is 11.9. The van der Waals surface area contributed by atoms with Gasteiger partial charge < -0.3 is 10.7 Å². The molecular formula is C13H17IN2. The molecule has 1 heterocycles. The number of H-pyrrole nitrogens is 1. The van der Waals surface area contributed by atoms with Crippen molar-refractivity contribution in [2.24, 2.45) is 5.73 Å². The van der Waals surface area contributed by atoms with Gasteiger partial charge in [-0.2, -0.15) is 0 Å². The van der Waals surface area contributed by atoms with E-state index in [-0.39, 0.29) is 0 Å². The zero-order chi connectivity index (χ0) is 11.7. The minimum absolute atomic E-state index is 0.709. The average molecular weight is 328 g/mol. The Kier molecular flexibility index (Phi) is 3.54. The van der Waals surface area contributed by atoms with Crippen LogP contribution in [0.1, 0.15) is 23.7 Å². The number of hydrogen-bond donors (Lipinski definition) is 2. The Morgan fingerprint density at radius 1 is 1.38 bits per heavy atom. The number of aryl methyl sites for hydroxylation is 2. The van der Waals surface area contributed by atoms with Crippen molar-refractivity contribution >= 4 is 33.5 Å². The number of aromatic amines is 1. The van der Waals surface area contributed by atoms with Gasteiger partial charge in [-0.25, -0.2) is 0 Å². The van der Waals surface area contributed by atoms with E-state index in [1.807, 2.05) is 0 Å². The van der Waals surface area contributed by atoms with E-state index < -0.39 is 0 Å². The van der Waals surface area contributed by atoms with Crippen molar-refractivity contribution in [2.45, 2.75) is 26.7 Å². The van der Waals surface area contributed by atoms with Crippen molar-refractivity contribution < 1.29 is 0 Å². The molecule has 0 aliphatic carbocycles. The summed E-state index contributed by atoms with van der Waals surface area (Å²) in [6.45, 7) is 5.03. The smallest absolute Gasteiger partial charge is 0.0594 e. The van der Waals surface area contributed by atoms with Gasteiger partial charge in [-0.3, -0.25) is 0 Å². The second-order valence-electron chi connectivity index (χ2n) is 4.12. The van der Waals surface area contributed by atoms with Gasteiger partial charge in [0.05, 0.1) is 5.52 Å². The zero-order valence-electron chi connectivity index (χ0n) is 9.73. The molecule has 0 aliphatic heterocycles. The monoisotopic (exact) mass is 328 g/mol. The van der Waals surface area contributed by atoms with Gasteiger partial charge in [0, 0.05) is 14.7 Å². The molecule has 0 bridgehead atoms. The predicted octanol–water partition coefficient (Wildman–Crippen LogP) is 3.14. The van der Waals surface area contributed by atoms with E-state index in [1.165, 1.54) is 31.3 Å². The first-order valence-electron chi connectivity index (χ1n) is 5.67. The lowest BCUT2D eigenvalue weighted by Gasteiger charge is -2.02. The van der Waals surface area contributed by atoms with Crippen molar-refractivity contribution in [3.05, 3.63) is 32.5 Å². The van der Waals surface area contributed by atoms with Crippen LogP contribution in [0.2, 0.25) is 0 Å². The normalized spacial score (nSPS) is 11.2. The van der Waals surface area contributed by atoms with Gasteiger partial charge in [0.15, 0.2) is 0 Å². The molecule has 1 aromatic carbocycles. The lowest BCUT2D eigenvalue weighted by atomic mass is 10.0. The van der Waals surface area contributed by atoms with Gasteiger partial charge in [-0.15, -0.1) is 0 Å². The fourth-order valence-corrected chi connectivity index (χ4v) is 2.99. The van der Waals surface area contributed by atoms with Crippen LogP contribution in [0.3, 0.4) is 0 Å². The molecule has 0 radical (unpaired) electrons. The van der Waals surface area contributed by atoms with Crippen LogP contribution in [-0.4, -0.2) is 11.5 Å². The molecule has 0 fully saturated rings. The van der Waals surface area contributed by atoms with Crippen LogP contribution in [0.15, 0.2) is 12.1 Å². The first kappa shape index (κ1) is 11.9. The first-order valence-corrected chi connectivity index (χ1v) is 6.74. The van der Waals surface area contributed by atoms with Gasteiger partial charge in [0.25, 0.3) is 0 Å². The molecule has 2 aromatic rings. The van der Waals surface area contributed by atoms with Gasteiger partial charge in [0.1, 0.15) is 0 Å². The molecule has 86 valence electrons. The van der Waals surface area contributed by atoms with E-state index in [9.17, 15) is 0 Å². The van der Waals surface area contributed by atoms with E-state index in [4.69, 9.17) is 5.73 Å². The molecule has 0 atom stereocenters. The summed E-state index contributed by atoms with van der Waals surface area (Å²) in [7, 11) is 0. The largest absolute Gasteiger partial charge is 0.358 e. The molecule has 0 spiro atoms. The Morgan fingerprint density at radius 2 is 2.12 bits per heavy atom. The summed E-state index contributed by atoms with van der Waals surface area (Å²) >= 11 is 2.40. The Labute approximate surface area is 110 Å². The molecule has 0 saturated carbocycles. The summed E-state index contributed by atoms with van der Waals surface area (Å²) in [5.74, 6) is 0. The third-order valence-corrected chi connectivity index (χ3v) is 3.89. The fraction of sp³-hybridized carbons (Fsp3) is 0.385. The summed E-state index contributed by atoms with van der Waals surface area (Å²) in [4.78, 5) is 3.47. The van der Waals surface area contributed by atoms with Crippen LogP contribution in [0.25, 0.3) is 10.9 Å². The van der Waals surface area contributed by atoms with Crippen LogP contribution in [0, 0.1) is 10.5 Å². The molecule has 16 heavy (non-hydrogen) atoms. The number of halogens is 1. The highest BCUT2D eigenvalue weighted by Gasteiger charge is 2.10. The molecule has 0 unspecified atom stereocenters. The van der Waals surface area contributed by atoms with Crippen LogP contribution < -0.4 is 5.73 Å². The van der Waals surface area contributed by atoms with Crippen molar-refractivity contribution in [2.75, 3.05) is 6.54 Å². The van der Waals surface area contributed by atoms with E-state index >= 15 is 0 Å². The van der Waals surface area contributed by atoms with Crippen molar-refractivity contribution in [1.82, 2.24) is 4.98 Å². The maximum absolute atomic E-state index is 5.67. The topological polar surface area (TPSA) is 41.8 Å². The summed E-state index contributed by atoms with van der Waals surface area (Å²) < 4.78 is 1.30. The van der Waals surface area contributed by atoms with E-state index in [1.54, 1.807) is 0 Å². The lowest BCUT2D eigenvalue weighted by molar-refractivity contribution is 0.963. The van der Waals surface area contributed by atoms with Gasteiger partial charge in [-0.05, 0) is 72.2 Å². The number of hydrogen-bond acceptors (Lipinski definition) is 1. The van der Waals surface area contributed by atoms with Crippen LogP contribution in [-0.2, 0) is 12.8 Å². The summed E-state index contributed by atoms with van der Waals surface area (Å²) in [6, 6.07) is 4.55. The highest BCUT2D eigenvalue weighted by atomic mass is 127. The number of fused-ring (bicyclic) bond motifs is 1. The standard InChI is InChI=1S/C13H17IN2/c1-3-9-6-11-10(4-5-15)8(2)16-13(11)12(14)7-9/h6-7,16H,3-5,15H2,1-2H3. The quantitative estimate of drug-likeness (QED) is 0.835. The second kappa shape index (κ2) is 4.75. The number of rotatable bonds is 3. The van der Waals surface area contributed by atoms with E-state index in [0.29, 0.717) is 6.54 Å². The highest BCUT2D eigenvalue weighted by Crippen LogP contribution is 2.28. The van der Waals surface area contributed by atoms with Crippen LogP contribution in [0.4, 0.5) is 0 Å². The second-order valence-corrected chi connectivity index (χ2v) is 5.28. The minimum atomic E-state index is 0.709. The number of nitrogens with two attached hydrogens (primary N) is 1.